The van der Waals surface area contributed by atoms with Crippen LogP contribution in [0.15, 0.2) is 60.8 Å². The lowest BCUT2D eigenvalue weighted by atomic mass is 10.0. The van der Waals surface area contributed by atoms with Gasteiger partial charge in [-0.2, -0.15) is 5.10 Å². The third-order valence-corrected chi connectivity index (χ3v) is 7.43. The van der Waals surface area contributed by atoms with Crippen molar-refractivity contribution in [2.24, 2.45) is 5.84 Å². The monoisotopic (exact) mass is 527 g/mol. The molecule has 2 fully saturated rings. The number of fused-ring (bicyclic) bond motifs is 1. The van der Waals surface area contributed by atoms with E-state index in [4.69, 9.17) is 25.6 Å². The molecule has 0 bridgehead atoms. The number of hydrazine groups is 1. The quantitative estimate of drug-likeness (QED) is 0.198. The van der Waals surface area contributed by atoms with Crippen LogP contribution in [-0.4, -0.2) is 70.1 Å². The van der Waals surface area contributed by atoms with Crippen LogP contribution in [0.3, 0.4) is 0 Å². The number of carbonyl (C=O) groups excluding carboxylic acids is 1. The number of ether oxygens (including phenoxy) is 1. The van der Waals surface area contributed by atoms with Gasteiger partial charge in [0, 0.05) is 44.0 Å². The van der Waals surface area contributed by atoms with Gasteiger partial charge < -0.3 is 15.0 Å². The fraction of sp³-hybridized carbons (Fsp3) is 0.357. The number of rotatable bonds is 6. The van der Waals surface area contributed by atoms with Crippen molar-refractivity contribution in [3.63, 3.8) is 0 Å². The molecule has 0 radical (unpaired) electrons. The smallest absolute Gasteiger partial charge is 0.333 e. The van der Waals surface area contributed by atoms with Crippen LogP contribution < -0.4 is 21.5 Å². The van der Waals surface area contributed by atoms with Crippen molar-refractivity contribution in [3.05, 3.63) is 66.4 Å². The molecule has 0 saturated carbocycles. The van der Waals surface area contributed by atoms with Crippen molar-refractivity contribution in [2.45, 2.75) is 25.4 Å². The standard InChI is InChI=1S/C28H33N9O2/c29-34-28(38)31-22-8-6-21(7-9-22)25-32-26(36-14-16-39-17-15-36)24-18-30-37(27(24)33-25)23-10-12-35(13-11-23)19-20-4-2-1-3-5-20/h1-9,18,23H,10-17,19,29H2,(H2,31,34,38). The van der Waals surface area contributed by atoms with E-state index in [0.717, 1.165) is 68.0 Å². The zero-order valence-corrected chi connectivity index (χ0v) is 21.8. The second-order valence-corrected chi connectivity index (χ2v) is 9.97. The first-order chi connectivity index (χ1) is 19.2. The van der Waals surface area contributed by atoms with E-state index in [0.29, 0.717) is 24.7 Å². The molecule has 2 aliphatic rings. The normalized spacial score (nSPS) is 16.9. The van der Waals surface area contributed by atoms with Crippen LogP contribution >= 0.6 is 0 Å². The van der Waals surface area contributed by atoms with E-state index in [2.05, 4.69) is 55.6 Å². The van der Waals surface area contributed by atoms with E-state index >= 15 is 0 Å². The van der Waals surface area contributed by atoms with Crippen LogP contribution in [0.5, 0.6) is 0 Å². The van der Waals surface area contributed by atoms with Crippen molar-refractivity contribution in [2.75, 3.05) is 49.6 Å². The molecule has 202 valence electrons. The number of likely N-dealkylation sites (tertiary alicyclic amines) is 1. The molecule has 11 nitrogen and oxygen atoms in total. The molecule has 4 heterocycles. The number of anilines is 2. The number of hydrogen-bond acceptors (Lipinski definition) is 8. The Bertz CT molecular complexity index is 1410. The number of hydrogen-bond donors (Lipinski definition) is 3. The lowest BCUT2D eigenvalue weighted by molar-refractivity contribution is 0.122. The molecule has 2 amide bonds. The number of nitrogens with two attached hydrogens (primary N) is 1. The third kappa shape index (κ3) is 5.56. The summed E-state index contributed by atoms with van der Waals surface area (Å²) in [7, 11) is 0. The average molecular weight is 528 g/mol. The van der Waals surface area contributed by atoms with Crippen LogP contribution in [0.4, 0.5) is 16.3 Å². The van der Waals surface area contributed by atoms with E-state index in [-0.39, 0.29) is 6.04 Å². The third-order valence-electron chi connectivity index (χ3n) is 7.43. The van der Waals surface area contributed by atoms with Crippen LogP contribution in [0, 0.1) is 0 Å². The zero-order valence-electron chi connectivity index (χ0n) is 21.8. The number of urea groups is 1. The van der Waals surface area contributed by atoms with Gasteiger partial charge in [0.15, 0.2) is 11.5 Å². The van der Waals surface area contributed by atoms with E-state index in [1.807, 2.05) is 30.5 Å². The van der Waals surface area contributed by atoms with Crippen molar-refractivity contribution in [3.8, 4) is 11.4 Å². The van der Waals surface area contributed by atoms with Gasteiger partial charge in [-0.3, -0.25) is 10.3 Å². The van der Waals surface area contributed by atoms with Gasteiger partial charge >= 0.3 is 6.03 Å². The largest absolute Gasteiger partial charge is 0.378 e. The number of amides is 2. The number of nitrogens with one attached hydrogen (secondary N) is 2. The average Bonchev–Trinajstić information content (AvgIpc) is 3.42. The lowest BCUT2D eigenvalue weighted by Gasteiger charge is -2.32. The molecule has 2 aromatic heterocycles. The first kappa shape index (κ1) is 25.2. The highest BCUT2D eigenvalue weighted by Crippen LogP contribution is 2.32. The molecule has 4 aromatic rings. The van der Waals surface area contributed by atoms with Gasteiger partial charge in [0.1, 0.15) is 5.82 Å². The van der Waals surface area contributed by atoms with Crippen LogP contribution in [0.25, 0.3) is 22.4 Å². The summed E-state index contributed by atoms with van der Waals surface area (Å²) in [6, 6.07) is 17.9. The molecule has 2 saturated heterocycles. The SMILES string of the molecule is NNC(=O)Nc1ccc(-c2nc(N3CCOCC3)c3cnn(C4CCN(Cc5ccccc5)CC4)c3n2)cc1. The Balaban J connectivity index is 1.29. The number of benzene rings is 2. The van der Waals surface area contributed by atoms with Crippen LogP contribution in [0.1, 0.15) is 24.4 Å². The second kappa shape index (κ2) is 11.4. The molecule has 4 N–H and O–H groups in total. The van der Waals surface area contributed by atoms with Crippen molar-refractivity contribution in [1.29, 1.82) is 0 Å². The second-order valence-electron chi connectivity index (χ2n) is 9.97. The summed E-state index contributed by atoms with van der Waals surface area (Å²) < 4.78 is 7.70. The van der Waals surface area contributed by atoms with E-state index < -0.39 is 6.03 Å². The molecule has 0 aliphatic carbocycles. The van der Waals surface area contributed by atoms with Crippen LogP contribution in [0.2, 0.25) is 0 Å². The number of morpholine rings is 1. The maximum absolute atomic E-state index is 11.6. The maximum Gasteiger partial charge on any atom is 0.333 e. The molecular weight excluding hydrogens is 494 g/mol. The highest BCUT2D eigenvalue weighted by Gasteiger charge is 2.26. The van der Waals surface area contributed by atoms with Crippen molar-refractivity contribution < 1.29 is 9.53 Å². The molecule has 0 unspecified atom stereocenters. The number of nitrogens with zero attached hydrogens (tertiary/aromatic N) is 6. The van der Waals surface area contributed by atoms with Gasteiger partial charge in [-0.25, -0.2) is 25.3 Å². The highest BCUT2D eigenvalue weighted by atomic mass is 16.5. The summed E-state index contributed by atoms with van der Waals surface area (Å²) in [6.07, 6.45) is 3.94. The van der Waals surface area contributed by atoms with Crippen molar-refractivity contribution in [1.82, 2.24) is 30.1 Å². The lowest BCUT2D eigenvalue weighted by Crippen LogP contribution is -2.37. The van der Waals surface area contributed by atoms with E-state index in [1.165, 1.54) is 5.56 Å². The molecule has 2 aliphatic heterocycles. The van der Waals surface area contributed by atoms with Crippen LogP contribution in [-0.2, 0) is 11.3 Å². The van der Waals surface area contributed by atoms with Gasteiger partial charge in [0.05, 0.1) is 30.8 Å². The number of piperidine rings is 1. The number of aromatic nitrogens is 4. The fourth-order valence-corrected chi connectivity index (χ4v) is 5.36. The Labute approximate surface area is 226 Å². The summed E-state index contributed by atoms with van der Waals surface area (Å²) in [5, 5.41) is 8.48. The van der Waals surface area contributed by atoms with Gasteiger partial charge in [-0.1, -0.05) is 30.3 Å². The van der Waals surface area contributed by atoms with Gasteiger partial charge in [0.2, 0.25) is 0 Å². The summed E-state index contributed by atoms with van der Waals surface area (Å²) in [4.78, 5) is 26.4. The minimum atomic E-state index is -0.478. The van der Waals surface area contributed by atoms with Gasteiger partial charge in [-0.05, 0) is 42.7 Å². The molecule has 0 spiro atoms. The van der Waals surface area contributed by atoms with Gasteiger partial charge in [0.25, 0.3) is 0 Å². The topological polar surface area (TPSA) is 126 Å². The first-order valence-electron chi connectivity index (χ1n) is 13.4. The Morgan fingerprint density at radius 3 is 2.44 bits per heavy atom. The van der Waals surface area contributed by atoms with Crippen molar-refractivity contribution >= 4 is 28.6 Å². The summed E-state index contributed by atoms with van der Waals surface area (Å²) >= 11 is 0. The molecule has 2 aromatic carbocycles. The predicted octanol–water partition coefficient (Wildman–Crippen LogP) is 3.16. The highest BCUT2D eigenvalue weighted by molar-refractivity contribution is 5.90. The predicted molar refractivity (Wildman–Crippen MR) is 150 cm³/mol. The summed E-state index contributed by atoms with van der Waals surface area (Å²) in [5.74, 6) is 6.69. The molecule has 6 rings (SSSR count). The zero-order chi connectivity index (χ0) is 26.6. The van der Waals surface area contributed by atoms with E-state index in [9.17, 15) is 4.79 Å². The molecule has 39 heavy (non-hydrogen) atoms. The number of carbonyl (C=O) groups is 1. The first-order valence-corrected chi connectivity index (χ1v) is 13.4. The maximum atomic E-state index is 11.6. The minimum absolute atomic E-state index is 0.274. The molecule has 11 heteroatoms. The Morgan fingerprint density at radius 2 is 1.72 bits per heavy atom. The minimum Gasteiger partial charge on any atom is -0.378 e. The molecular formula is C28H33N9O2. The molecule has 0 atom stereocenters. The Hall–Kier alpha value is -4.06. The Kier molecular flexibility index (Phi) is 7.35. The van der Waals surface area contributed by atoms with E-state index in [1.54, 1.807) is 0 Å². The Morgan fingerprint density at radius 1 is 0.974 bits per heavy atom. The summed E-state index contributed by atoms with van der Waals surface area (Å²) in [6.45, 7) is 5.87. The van der Waals surface area contributed by atoms with Gasteiger partial charge in [-0.15, -0.1) is 0 Å². The summed E-state index contributed by atoms with van der Waals surface area (Å²) in [5.41, 5.74) is 5.75. The fourth-order valence-electron chi connectivity index (χ4n) is 5.36.